The minimum absolute atomic E-state index is 0.0714. The average molecular weight is 419 g/mol. The zero-order valence-electron chi connectivity index (χ0n) is 17.0. The summed E-state index contributed by atoms with van der Waals surface area (Å²) in [5.74, 6) is 0.390. The molecule has 1 aliphatic rings. The van der Waals surface area contributed by atoms with Crippen LogP contribution in [0.3, 0.4) is 0 Å². The molecule has 0 aliphatic carbocycles. The quantitative estimate of drug-likeness (QED) is 0.574. The summed E-state index contributed by atoms with van der Waals surface area (Å²) >= 11 is 0. The number of carbonyl (C=O) groups excluding carboxylic acids is 1. The maximum atomic E-state index is 13.2. The molecule has 160 valence electrons. The number of nitrogens with one attached hydrogen (secondary N) is 1. The summed E-state index contributed by atoms with van der Waals surface area (Å²) in [6, 6.07) is 5.07. The van der Waals surface area contributed by atoms with Gasteiger partial charge in [0.25, 0.3) is 5.91 Å². The fourth-order valence-corrected chi connectivity index (χ4v) is 3.45. The predicted octanol–water partition coefficient (Wildman–Crippen LogP) is 3.45. The van der Waals surface area contributed by atoms with Gasteiger partial charge in [-0.25, -0.2) is 4.98 Å². The van der Waals surface area contributed by atoms with Crippen LogP contribution in [0.5, 0.6) is 0 Å². The minimum Gasteiger partial charge on any atom is -0.383 e. The maximum absolute atomic E-state index is 13.2. The number of carbonyl (C=O) groups is 1. The Morgan fingerprint density at radius 2 is 2.00 bits per heavy atom. The van der Waals surface area contributed by atoms with Gasteiger partial charge in [0.05, 0.1) is 17.2 Å². The van der Waals surface area contributed by atoms with Crippen LogP contribution >= 0.6 is 0 Å². The summed E-state index contributed by atoms with van der Waals surface area (Å²) < 4.78 is 39.7. The van der Waals surface area contributed by atoms with E-state index in [2.05, 4.69) is 15.3 Å². The lowest BCUT2D eigenvalue weighted by atomic mass is 9.97. The van der Waals surface area contributed by atoms with Crippen molar-refractivity contribution >= 4 is 17.6 Å². The number of nitrogens with zero attached hydrogens (tertiary/aromatic N) is 3. The molecular weight excluding hydrogens is 395 g/mol. The first-order valence-corrected chi connectivity index (χ1v) is 9.61. The van der Waals surface area contributed by atoms with E-state index in [9.17, 15) is 18.0 Å². The first-order valence-electron chi connectivity index (χ1n) is 9.61. The third kappa shape index (κ3) is 4.24. The van der Waals surface area contributed by atoms with Crippen LogP contribution in [0, 0.1) is 6.92 Å². The number of halogens is 3. The zero-order valence-corrected chi connectivity index (χ0v) is 17.0. The van der Waals surface area contributed by atoms with Crippen molar-refractivity contribution in [2.24, 2.45) is 10.7 Å². The monoisotopic (exact) mass is 419 g/mol. The van der Waals surface area contributed by atoms with E-state index in [4.69, 9.17) is 5.73 Å². The smallest absolute Gasteiger partial charge is 0.383 e. The Bertz CT molecular complexity index is 983. The Morgan fingerprint density at radius 1 is 1.30 bits per heavy atom. The molecule has 9 heteroatoms. The number of hydrogen-bond acceptors (Lipinski definition) is 4. The number of amidine groups is 1. The summed E-state index contributed by atoms with van der Waals surface area (Å²) in [4.78, 5) is 23.1. The molecule has 3 rings (SSSR count). The number of aliphatic imine (C=N–C) groups is 1. The summed E-state index contributed by atoms with van der Waals surface area (Å²) in [7, 11) is 1.50. The second-order valence-corrected chi connectivity index (χ2v) is 7.22. The third-order valence-electron chi connectivity index (χ3n) is 5.28. The van der Waals surface area contributed by atoms with Gasteiger partial charge < -0.3 is 16.0 Å². The molecule has 0 saturated carbocycles. The lowest BCUT2D eigenvalue weighted by Crippen LogP contribution is -2.38. The standard InChI is InChI=1S/C21H24F3N5O/c1-12-14(6-4-7-17(12)21(22,23)24)13(2)28-19(25)15-10-18(29-8-5-9-29)27-11-16(15)20(30)26-3/h4,6-7,10-11,13H,5,8-9H2,1-3H3,(H2,25,28)(H,26,30)/t13-/m1/s1. The fourth-order valence-electron chi connectivity index (χ4n) is 3.45. The number of nitrogens with two attached hydrogens (primary N) is 1. The molecule has 6 nitrogen and oxygen atoms in total. The van der Waals surface area contributed by atoms with Gasteiger partial charge in [-0.2, -0.15) is 13.2 Å². The lowest BCUT2D eigenvalue weighted by Gasteiger charge is -2.32. The van der Waals surface area contributed by atoms with Crippen LogP contribution in [-0.2, 0) is 6.18 Å². The van der Waals surface area contributed by atoms with Gasteiger partial charge >= 0.3 is 6.18 Å². The van der Waals surface area contributed by atoms with Crippen molar-refractivity contribution in [3.05, 3.63) is 58.3 Å². The number of anilines is 1. The summed E-state index contributed by atoms with van der Waals surface area (Å²) in [5.41, 5.74) is 6.73. The van der Waals surface area contributed by atoms with Gasteiger partial charge in [-0.05, 0) is 43.5 Å². The number of benzene rings is 1. The van der Waals surface area contributed by atoms with Crippen molar-refractivity contribution in [3.8, 4) is 0 Å². The van der Waals surface area contributed by atoms with Crippen molar-refractivity contribution in [3.63, 3.8) is 0 Å². The summed E-state index contributed by atoms with van der Waals surface area (Å²) in [5, 5.41) is 2.54. The molecule has 0 bridgehead atoms. The van der Waals surface area contributed by atoms with E-state index < -0.39 is 17.8 Å². The van der Waals surface area contributed by atoms with Gasteiger partial charge in [0.2, 0.25) is 0 Å². The van der Waals surface area contributed by atoms with Crippen LogP contribution in [0.4, 0.5) is 19.0 Å². The highest BCUT2D eigenvalue weighted by Crippen LogP contribution is 2.35. The molecule has 1 aromatic heterocycles. The van der Waals surface area contributed by atoms with Crippen molar-refractivity contribution in [2.45, 2.75) is 32.5 Å². The molecule has 1 aromatic carbocycles. The molecule has 2 aromatic rings. The molecular formula is C21H24F3N5O. The van der Waals surface area contributed by atoms with Gasteiger partial charge in [-0.1, -0.05) is 12.1 Å². The number of alkyl halides is 3. The zero-order chi connectivity index (χ0) is 22.1. The Morgan fingerprint density at radius 3 is 2.57 bits per heavy atom. The largest absolute Gasteiger partial charge is 0.416 e. The first-order chi connectivity index (χ1) is 14.1. The molecule has 1 atom stereocenters. The van der Waals surface area contributed by atoms with Crippen molar-refractivity contribution in [1.29, 1.82) is 0 Å². The van der Waals surface area contributed by atoms with Crippen LogP contribution in [-0.4, -0.2) is 36.9 Å². The van der Waals surface area contributed by atoms with Gasteiger partial charge in [0, 0.05) is 31.9 Å². The Kier molecular flexibility index (Phi) is 6.00. The van der Waals surface area contributed by atoms with Gasteiger partial charge in [-0.15, -0.1) is 0 Å². The predicted molar refractivity (Wildman–Crippen MR) is 110 cm³/mol. The highest BCUT2D eigenvalue weighted by molar-refractivity contribution is 6.09. The molecule has 30 heavy (non-hydrogen) atoms. The topological polar surface area (TPSA) is 83.6 Å². The molecule has 1 amide bonds. The van der Waals surface area contributed by atoms with Crippen LogP contribution in [0.1, 0.15) is 52.0 Å². The van der Waals surface area contributed by atoms with E-state index in [1.54, 1.807) is 19.1 Å². The minimum atomic E-state index is -4.45. The van der Waals surface area contributed by atoms with E-state index in [1.807, 2.05) is 4.90 Å². The SMILES string of the molecule is CNC(=O)c1cnc(N2CCC2)cc1C(N)=N[C@H](C)c1cccc(C(F)(F)F)c1C. The molecule has 0 unspecified atom stereocenters. The molecule has 1 saturated heterocycles. The average Bonchev–Trinajstić information content (AvgIpc) is 2.65. The van der Waals surface area contributed by atoms with Crippen LogP contribution < -0.4 is 16.0 Å². The van der Waals surface area contributed by atoms with Crippen LogP contribution in [0.25, 0.3) is 0 Å². The first kappa shape index (κ1) is 21.6. The van der Waals surface area contributed by atoms with E-state index in [0.717, 1.165) is 25.6 Å². The second-order valence-electron chi connectivity index (χ2n) is 7.22. The Balaban J connectivity index is 2.01. The highest BCUT2D eigenvalue weighted by atomic mass is 19.4. The maximum Gasteiger partial charge on any atom is 0.416 e. The molecule has 1 fully saturated rings. The van der Waals surface area contributed by atoms with E-state index >= 15 is 0 Å². The van der Waals surface area contributed by atoms with Crippen LogP contribution in [0.2, 0.25) is 0 Å². The molecule has 1 aliphatic heterocycles. The number of aromatic nitrogens is 1. The van der Waals surface area contributed by atoms with E-state index in [1.165, 1.54) is 26.2 Å². The lowest BCUT2D eigenvalue weighted by molar-refractivity contribution is -0.138. The second kappa shape index (κ2) is 8.33. The molecule has 0 spiro atoms. The number of amides is 1. The van der Waals surface area contributed by atoms with Crippen LogP contribution in [0.15, 0.2) is 35.5 Å². The van der Waals surface area contributed by atoms with Crippen molar-refractivity contribution < 1.29 is 18.0 Å². The molecule has 0 radical (unpaired) electrons. The fraction of sp³-hybridized carbons (Fsp3) is 0.381. The Hall–Kier alpha value is -3.10. The highest BCUT2D eigenvalue weighted by Gasteiger charge is 2.33. The van der Waals surface area contributed by atoms with Gasteiger partial charge in [0.15, 0.2) is 0 Å². The van der Waals surface area contributed by atoms with E-state index in [0.29, 0.717) is 16.9 Å². The van der Waals surface area contributed by atoms with Gasteiger partial charge in [-0.3, -0.25) is 9.79 Å². The summed E-state index contributed by atoms with van der Waals surface area (Å²) in [6.07, 6.45) is -1.94. The number of rotatable bonds is 5. The molecule has 2 heterocycles. The van der Waals surface area contributed by atoms with Crippen molar-refractivity contribution in [2.75, 3.05) is 25.0 Å². The Labute approximate surface area is 173 Å². The normalized spacial score (nSPS) is 15.5. The number of pyridine rings is 1. The van der Waals surface area contributed by atoms with Crippen molar-refractivity contribution in [1.82, 2.24) is 10.3 Å². The summed E-state index contributed by atoms with van der Waals surface area (Å²) in [6.45, 7) is 4.82. The van der Waals surface area contributed by atoms with Gasteiger partial charge in [0.1, 0.15) is 11.7 Å². The number of hydrogen-bond donors (Lipinski definition) is 2. The molecule has 3 N–H and O–H groups in total. The van der Waals surface area contributed by atoms with E-state index in [-0.39, 0.29) is 22.9 Å². The third-order valence-corrected chi connectivity index (χ3v) is 5.28.